The molecule has 0 aliphatic heterocycles. The standard InChI is InChI=1S/C39H72NO8P/c1-6-8-10-12-14-16-18-19-20-22-24-26-28-30-32-39(42)48-37(36-47-49(43,44)46-34-33-40(3,4)5)35-45-38(41)31-29-27-25-23-21-17-15-13-11-9-7-2/h12-15,18-19,37H,6-11,16-17,20-36H2,1-5H3/b14-12-,15-13-,19-18-. The predicted molar refractivity (Wildman–Crippen MR) is 199 cm³/mol. The molecule has 0 spiro atoms. The summed E-state index contributed by atoms with van der Waals surface area (Å²) in [7, 11) is 1.14. The van der Waals surface area contributed by atoms with Gasteiger partial charge in [0, 0.05) is 12.8 Å². The van der Waals surface area contributed by atoms with Gasteiger partial charge in [-0.3, -0.25) is 14.2 Å². The van der Waals surface area contributed by atoms with Crippen LogP contribution in [0.2, 0.25) is 0 Å². The Morgan fingerprint density at radius 2 is 1.10 bits per heavy atom. The van der Waals surface area contributed by atoms with Gasteiger partial charge >= 0.3 is 11.9 Å². The smallest absolute Gasteiger partial charge is 0.306 e. The zero-order chi connectivity index (χ0) is 36.5. The van der Waals surface area contributed by atoms with Crippen molar-refractivity contribution in [3.05, 3.63) is 36.5 Å². The van der Waals surface area contributed by atoms with Crippen molar-refractivity contribution in [1.29, 1.82) is 0 Å². The monoisotopic (exact) mass is 713 g/mol. The van der Waals surface area contributed by atoms with Crippen molar-refractivity contribution in [2.24, 2.45) is 0 Å². The number of unbranched alkanes of at least 4 members (excludes halogenated alkanes) is 14. The number of carbonyl (C=O) groups is 2. The second-order valence-electron chi connectivity index (χ2n) is 13.9. The van der Waals surface area contributed by atoms with E-state index >= 15 is 0 Å². The van der Waals surface area contributed by atoms with Gasteiger partial charge in [-0.25, -0.2) is 0 Å². The number of hydrogen-bond donors (Lipinski definition) is 0. The number of rotatable bonds is 34. The molecule has 0 amide bonds. The van der Waals surface area contributed by atoms with Crippen LogP contribution in [0.1, 0.15) is 149 Å². The molecule has 0 bridgehead atoms. The Morgan fingerprint density at radius 1 is 0.633 bits per heavy atom. The Morgan fingerprint density at radius 3 is 1.63 bits per heavy atom. The van der Waals surface area contributed by atoms with Gasteiger partial charge in [-0.1, -0.05) is 115 Å². The minimum Gasteiger partial charge on any atom is -0.756 e. The highest BCUT2D eigenvalue weighted by atomic mass is 31.2. The lowest BCUT2D eigenvalue weighted by Crippen LogP contribution is -2.37. The van der Waals surface area contributed by atoms with Crippen molar-refractivity contribution in [3.8, 4) is 0 Å². The first-order chi connectivity index (χ1) is 23.5. The molecule has 286 valence electrons. The topological polar surface area (TPSA) is 111 Å². The van der Waals surface area contributed by atoms with E-state index in [4.69, 9.17) is 18.5 Å². The van der Waals surface area contributed by atoms with Crippen LogP contribution >= 0.6 is 7.82 Å². The largest absolute Gasteiger partial charge is 0.756 e. The van der Waals surface area contributed by atoms with Crippen molar-refractivity contribution in [3.63, 3.8) is 0 Å². The van der Waals surface area contributed by atoms with Gasteiger partial charge in [-0.05, 0) is 57.8 Å². The summed E-state index contributed by atoms with van der Waals surface area (Å²) in [6.07, 6.45) is 33.1. The third kappa shape index (κ3) is 35.8. The number of allylic oxidation sites excluding steroid dienone is 6. The van der Waals surface area contributed by atoms with Crippen molar-refractivity contribution in [1.82, 2.24) is 0 Å². The molecule has 2 atom stereocenters. The summed E-state index contributed by atoms with van der Waals surface area (Å²) in [6, 6.07) is 0. The van der Waals surface area contributed by atoms with Crippen LogP contribution in [0, 0.1) is 0 Å². The molecule has 0 saturated heterocycles. The van der Waals surface area contributed by atoms with Crippen molar-refractivity contribution >= 4 is 19.8 Å². The molecule has 0 aromatic rings. The van der Waals surface area contributed by atoms with Gasteiger partial charge in [0.05, 0.1) is 27.7 Å². The molecule has 0 fully saturated rings. The van der Waals surface area contributed by atoms with Crippen molar-refractivity contribution in [2.45, 2.75) is 155 Å². The van der Waals surface area contributed by atoms with Crippen LogP contribution in [-0.4, -0.2) is 70.0 Å². The van der Waals surface area contributed by atoms with E-state index in [1.54, 1.807) is 0 Å². The molecule has 0 aromatic carbocycles. The average molecular weight is 714 g/mol. The van der Waals surface area contributed by atoms with Crippen LogP contribution in [0.4, 0.5) is 0 Å². The first-order valence-corrected chi connectivity index (χ1v) is 20.7. The summed E-state index contributed by atoms with van der Waals surface area (Å²) in [5.74, 6) is -0.867. The van der Waals surface area contributed by atoms with E-state index in [9.17, 15) is 19.0 Å². The number of esters is 2. The molecule has 0 radical (unpaired) electrons. The maximum absolute atomic E-state index is 12.6. The first-order valence-electron chi connectivity index (χ1n) is 19.2. The fraction of sp³-hybridized carbons (Fsp3) is 0.795. The number of likely N-dealkylation sites (N-methyl/N-ethyl adjacent to an activating group) is 1. The van der Waals surface area contributed by atoms with Crippen LogP contribution in [0.25, 0.3) is 0 Å². The summed E-state index contributed by atoms with van der Waals surface area (Å²) >= 11 is 0. The average Bonchev–Trinajstić information content (AvgIpc) is 3.04. The summed E-state index contributed by atoms with van der Waals surface area (Å²) in [6.45, 7) is 4.09. The van der Waals surface area contributed by atoms with E-state index in [0.29, 0.717) is 17.4 Å². The highest BCUT2D eigenvalue weighted by Gasteiger charge is 2.21. The van der Waals surface area contributed by atoms with E-state index in [-0.39, 0.29) is 26.1 Å². The lowest BCUT2D eigenvalue weighted by Gasteiger charge is -2.28. The van der Waals surface area contributed by atoms with Crippen LogP contribution in [-0.2, 0) is 32.7 Å². The Balaban J connectivity index is 4.48. The van der Waals surface area contributed by atoms with E-state index in [1.807, 2.05) is 21.1 Å². The van der Waals surface area contributed by atoms with E-state index in [1.165, 1.54) is 25.7 Å². The van der Waals surface area contributed by atoms with Gasteiger partial charge in [-0.2, -0.15) is 0 Å². The summed E-state index contributed by atoms with van der Waals surface area (Å²) < 4.78 is 33.7. The van der Waals surface area contributed by atoms with Gasteiger partial charge in [-0.15, -0.1) is 0 Å². The fourth-order valence-corrected chi connectivity index (χ4v) is 5.50. The fourth-order valence-electron chi connectivity index (χ4n) is 4.77. The minimum atomic E-state index is -4.62. The number of phosphoric acid groups is 1. The zero-order valence-electron chi connectivity index (χ0n) is 31.9. The SMILES string of the molecule is CCCC/C=C\C/C=C\CCCCCCCC(=O)OC(COC(=O)CCCCCCC/C=C\CCCC)COP(=O)([O-])OCC[N+](C)(C)C. The zero-order valence-corrected chi connectivity index (χ0v) is 32.8. The number of quaternary nitrogens is 1. The minimum absolute atomic E-state index is 0.0356. The number of carbonyl (C=O) groups excluding carboxylic acids is 2. The molecule has 0 aliphatic rings. The Hall–Kier alpha value is -1.77. The van der Waals surface area contributed by atoms with Gasteiger partial charge in [0.2, 0.25) is 0 Å². The lowest BCUT2D eigenvalue weighted by molar-refractivity contribution is -0.870. The lowest BCUT2D eigenvalue weighted by atomic mass is 10.1. The van der Waals surface area contributed by atoms with Crippen molar-refractivity contribution < 1.29 is 42.1 Å². The van der Waals surface area contributed by atoms with E-state index in [2.05, 4.69) is 50.3 Å². The molecule has 0 rings (SSSR count). The third-order valence-corrected chi connectivity index (χ3v) is 8.85. The van der Waals surface area contributed by atoms with Crippen LogP contribution in [0.5, 0.6) is 0 Å². The van der Waals surface area contributed by atoms with Crippen LogP contribution in [0.15, 0.2) is 36.5 Å². The number of phosphoric ester groups is 1. The highest BCUT2D eigenvalue weighted by molar-refractivity contribution is 7.45. The summed E-state index contributed by atoms with van der Waals surface area (Å²) in [5.41, 5.74) is 0. The molecule has 0 aliphatic carbocycles. The molecular weight excluding hydrogens is 641 g/mol. The predicted octanol–water partition coefficient (Wildman–Crippen LogP) is 9.55. The second-order valence-corrected chi connectivity index (χ2v) is 15.3. The molecular formula is C39H72NO8P. The summed E-state index contributed by atoms with van der Waals surface area (Å²) in [4.78, 5) is 37.3. The molecule has 10 heteroatoms. The van der Waals surface area contributed by atoms with Crippen molar-refractivity contribution in [2.75, 3.05) is 47.5 Å². The maximum Gasteiger partial charge on any atom is 0.306 e. The second kappa shape index (κ2) is 32.2. The van der Waals surface area contributed by atoms with Gasteiger partial charge in [0.25, 0.3) is 7.82 Å². The Labute approximate surface area is 300 Å². The quantitative estimate of drug-likeness (QED) is 0.0213. The highest BCUT2D eigenvalue weighted by Crippen LogP contribution is 2.38. The molecule has 0 aromatic heterocycles. The molecule has 0 saturated carbocycles. The van der Waals surface area contributed by atoms with Gasteiger partial charge < -0.3 is 27.9 Å². The molecule has 0 heterocycles. The van der Waals surface area contributed by atoms with Crippen LogP contribution in [0.3, 0.4) is 0 Å². The van der Waals surface area contributed by atoms with Crippen LogP contribution < -0.4 is 4.89 Å². The Kier molecular flexibility index (Phi) is 31.0. The van der Waals surface area contributed by atoms with Gasteiger partial charge in [0.15, 0.2) is 6.10 Å². The van der Waals surface area contributed by atoms with E-state index in [0.717, 1.165) is 89.9 Å². The summed E-state index contributed by atoms with van der Waals surface area (Å²) in [5, 5.41) is 0. The number of nitrogens with zero attached hydrogens (tertiary/aromatic N) is 1. The van der Waals surface area contributed by atoms with Gasteiger partial charge in [0.1, 0.15) is 19.8 Å². The van der Waals surface area contributed by atoms with E-state index < -0.39 is 32.5 Å². The molecule has 9 nitrogen and oxygen atoms in total. The molecule has 0 N–H and O–H groups in total. The molecule has 49 heavy (non-hydrogen) atoms. The molecule has 2 unspecified atom stereocenters. The normalized spacial score (nSPS) is 14.2. The Bertz CT molecular complexity index is 944. The number of hydrogen-bond acceptors (Lipinski definition) is 8. The maximum atomic E-state index is 12.6. The third-order valence-electron chi connectivity index (χ3n) is 7.88. The number of ether oxygens (including phenoxy) is 2. The first kappa shape index (κ1) is 47.2.